The molecule has 19 heavy (non-hydrogen) atoms. The van der Waals surface area contributed by atoms with E-state index in [0.717, 1.165) is 18.4 Å². The molecule has 4 nitrogen and oxygen atoms in total. The van der Waals surface area contributed by atoms with E-state index in [-0.39, 0.29) is 17.1 Å². The molecule has 0 aliphatic heterocycles. The number of phenolic OH excluding ortho intramolecular Hbond substituents is 1. The molecular formula is C15H24N2O2. The van der Waals surface area contributed by atoms with Gasteiger partial charge in [0.05, 0.1) is 0 Å². The highest BCUT2D eigenvalue weighted by Crippen LogP contribution is 2.24. The molecule has 0 bridgehead atoms. The van der Waals surface area contributed by atoms with Crippen LogP contribution in [0.15, 0.2) is 18.2 Å². The maximum Gasteiger partial charge on any atom is 0.251 e. The Kier molecular flexibility index (Phi) is 5.36. The van der Waals surface area contributed by atoms with Crippen molar-refractivity contribution in [2.24, 2.45) is 11.1 Å². The Bertz CT molecular complexity index is 432. The summed E-state index contributed by atoms with van der Waals surface area (Å²) >= 11 is 0. The number of carbonyl (C=O) groups is 1. The van der Waals surface area contributed by atoms with Crippen LogP contribution in [-0.4, -0.2) is 24.1 Å². The number of benzene rings is 1. The van der Waals surface area contributed by atoms with Gasteiger partial charge in [0.25, 0.3) is 5.91 Å². The van der Waals surface area contributed by atoms with E-state index in [4.69, 9.17) is 5.73 Å². The van der Waals surface area contributed by atoms with Gasteiger partial charge in [0.1, 0.15) is 5.75 Å². The lowest BCUT2D eigenvalue weighted by Gasteiger charge is -2.30. The van der Waals surface area contributed by atoms with Crippen LogP contribution < -0.4 is 11.1 Å². The van der Waals surface area contributed by atoms with Crippen molar-refractivity contribution in [2.75, 3.05) is 13.1 Å². The molecule has 0 aromatic heterocycles. The first-order valence-electron chi connectivity index (χ1n) is 6.76. The Labute approximate surface area is 115 Å². The maximum absolute atomic E-state index is 12.1. The van der Waals surface area contributed by atoms with Gasteiger partial charge in [-0.15, -0.1) is 0 Å². The van der Waals surface area contributed by atoms with E-state index in [1.165, 1.54) is 6.07 Å². The Hall–Kier alpha value is -1.55. The Morgan fingerprint density at radius 2 is 2.00 bits per heavy atom. The molecule has 1 aromatic carbocycles. The van der Waals surface area contributed by atoms with Crippen LogP contribution in [0.1, 0.15) is 42.6 Å². The number of aryl methyl sites for hydroxylation is 1. The highest BCUT2D eigenvalue weighted by molar-refractivity contribution is 5.95. The zero-order valence-corrected chi connectivity index (χ0v) is 12.0. The van der Waals surface area contributed by atoms with E-state index in [0.29, 0.717) is 18.7 Å². The molecule has 106 valence electrons. The van der Waals surface area contributed by atoms with E-state index < -0.39 is 0 Å². The smallest absolute Gasteiger partial charge is 0.251 e. The van der Waals surface area contributed by atoms with Crippen LogP contribution in [0, 0.1) is 12.3 Å². The molecule has 0 aliphatic carbocycles. The standard InChI is InChI=1S/C15H24N2O2/c1-4-15(5-2,9-16)10-17-14(19)13-7-6-12(18)8-11(13)3/h6-8,18H,4-5,9-10,16H2,1-3H3,(H,17,19). The number of amides is 1. The van der Waals surface area contributed by atoms with Crippen molar-refractivity contribution in [1.29, 1.82) is 0 Å². The third-order valence-electron chi connectivity index (χ3n) is 4.01. The molecule has 1 amide bonds. The van der Waals surface area contributed by atoms with Crippen LogP contribution in [0.2, 0.25) is 0 Å². The van der Waals surface area contributed by atoms with Crippen LogP contribution in [0.5, 0.6) is 5.75 Å². The molecular weight excluding hydrogens is 240 g/mol. The molecule has 4 heteroatoms. The van der Waals surface area contributed by atoms with Gasteiger partial charge in [-0.25, -0.2) is 0 Å². The summed E-state index contributed by atoms with van der Waals surface area (Å²) in [4.78, 5) is 12.1. The number of hydrogen-bond donors (Lipinski definition) is 3. The number of nitrogens with one attached hydrogen (secondary N) is 1. The lowest BCUT2D eigenvalue weighted by atomic mass is 9.82. The number of hydrogen-bond acceptors (Lipinski definition) is 3. The van der Waals surface area contributed by atoms with E-state index in [1.807, 2.05) is 6.92 Å². The average Bonchev–Trinajstić information content (AvgIpc) is 2.40. The molecule has 0 saturated heterocycles. The Morgan fingerprint density at radius 3 is 2.47 bits per heavy atom. The zero-order chi connectivity index (χ0) is 14.5. The number of phenols is 1. The fourth-order valence-electron chi connectivity index (χ4n) is 2.13. The van der Waals surface area contributed by atoms with Crippen molar-refractivity contribution in [3.63, 3.8) is 0 Å². The van der Waals surface area contributed by atoms with Crippen LogP contribution in [-0.2, 0) is 0 Å². The van der Waals surface area contributed by atoms with Crippen molar-refractivity contribution in [3.8, 4) is 5.75 Å². The minimum atomic E-state index is -0.114. The minimum Gasteiger partial charge on any atom is -0.508 e. The van der Waals surface area contributed by atoms with Gasteiger partial charge in [0.15, 0.2) is 0 Å². The van der Waals surface area contributed by atoms with Gasteiger partial charge < -0.3 is 16.2 Å². The van der Waals surface area contributed by atoms with Crippen molar-refractivity contribution in [3.05, 3.63) is 29.3 Å². The first kappa shape index (κ1) is 15.5. The molecule has 0 fully saturated rings. The first-order valence-corrected chi connectivity index (χ1v) is 6.76. The summed E-state index contributed by atoms with van der Waals surface area (Å²) in [5, 5.41) is 12.3. The summed E-state index contributed by atoms with van der Waals surface area (Å²) < 4.78 is 0. The highest BCUT2D eigenvalue weighted by Gasteiger charge is 2.25. The molecule has 0 spiro atoms. The molecule has 0 atom stereocenters. The zero-order valence-electron chi connectivity index (χ0n) is 12.0. The SMILES string of the molecule is CCC(CC)(CN)CNC(=O)c1ccc(O)cc1C. The molecule has 1 aromatic rings. The Balaban J connectivity index is 2.75. The molecule has 4 N–H and O–H groups in total. The van der Waals surface area contributed by atoms with Gasteiger partial charge >= 0.3 is 0 Å². The summed E-state index contributed by atoms with van der Waals surface area (Å²) in [7, 11) is 0. The largest absolute Gasteiger partial charge is 0.508 e. The number of carbonyl (C=O) groups excluding carboxylic acids is 1. The third-order valence-corrected chi connectivity index (χ3v) is 4.01. The molecule has 0 aliphatic rings. The second kappa shape index (κ2) is 6.57. The fraction of sp³-hybridized carbons (Fsp3) is 0.533. The van der Waals surface area contributed by atoms with Crippen molar-refractivity contribution in [1.82, 2.24) is 5.32 Å². The minimum absolute atomic E-state index is 0.0273. The van der Waals surface area contributed by atoms with Crippen LogP contribution in [0.4, 0.5) is 0 Å². The molecule has 0 saturated carbocycles. The number of rotatable bonds is 6. The van der Waals surface area contributed by atoms with Gasteiger partial charge in [0, 0.05) is 12.1 Å². The molecule has 0 radical (unpaired) electrons. The lowest BCUT2D eigenvalue weighted by Crippen LogP contribution is -2.41. The van der Waals surface area contributed by atoms with Crippen LogP contribution in [0.25, 0.3) is 0 Å². The monoisotopic (exact) mass is 264 g/mol. The van der Waals surface area contributed by atoms with Crippen molar-refractivity contribution < 1.29 is 9.90 Å². The molecule has 0 heterocycles. The maximum atomic E-state index is 12.1. The van der Waals surface area contributed by atoms with E-state index in [1.54, 1.807) is 12.1 Å². The summed E-state index contributed by atoms with van der Waals surface area (Å²) in [6, 6.07) is 4.75. The lowest BCUT2D eigenvalue weighted by molar-refractivity contribution is 0.0927. The van der Waals surface area contributed by atoms with Crippen LogP contribution in [0.3, 0.4) is 0 Å². The van der Waals surface area contributed by atoms with Gasteiger partial charge in [-0.1, -0.05) is 13.8 Å². The summed E-state index contributed by atoms with van der Waals surface area (Å²) in [6.45, 7) is 7.14. The number of aromatic hydroxyl groups is 1. The average molecular weight is 264 g/mol. The Morgan fingerprint density at radius 1 is 1.37 bits per heavy atom. The topological polar surface area (TPSA) is 75.3 Å². The first-order chi connectivity index (χ1) is 8.98. The van der Waals surface area contributed by atoms with Gasteiger partial charge in [-0.2, -0.15) is 0 Å². The van der Waals surface area contributed by atoms with E-state index in [2.05, 4.69) is 19.2 Å². The highest BCUT2D eigenvalue weighted by atomic mass is 16.3. The van der Waals surface area contributed by atoms with Gasteiger partial charge in [0.2, 0.25) is 0 Å². The second-order valence-electron chi connectivity index (χ2n) is 5.09. The molecule has 1 rings (SSSR count). The summed E-state index contributed by atoms with van der Waals surface area (Å²) in [6.07, 6.45) is 1.88. The van der Waals surface area contributed by atoms with E-state index >= 15 is 0 Å². The summed E-state index contributed by atoms with van der Waals surface area (Å²) in [5.74, 6) is 0.0599. The normalized spacial score (nSPS) is 11.4. The van der Waals surface area contributed by atoms with Crippen molar-refractivity contribution in [2.45, 2.75) is 33.6 Å². The van der Waals surface area contributed by atoms with Crippen LogP contribution >= 0.6 is 0 Å². The second-order valence-corrected chi connectivity index (χ2v) is 5.09. The van der Waals surface area contributed by atoms with Gasteiger partial charge in [-0.05, 0) is 55.5 Å². The van der Waals surface area contributed by atoms with Crippen molar-refractivity contribution >= 4 is 5.91 Å². The quantitative estimate of drug-likeness (QED) is 0.737. The molecule has 0 unspecified atom stereocenters. The predicted octanol–water partition coefficient (Wildman–Crippen LogP) is 2.20. The number of nitrogens with two attached hydrogens (primary N) is 1. The predicted molar refractivity (Wildman–Crippen MR) is 77.2 cm³/mol. The summed E-state index contributed by atoms with van der Waals surface area (Å²) in [5.41, 5.74) is 7.15. The van der Waals surface area contributed by atoms with Gasteiger partial charge in [-0.3, -0.25) is 4.79 Å². The van der Waals surface area contributed by atoms with E-state index in [9.17, 15) is 9.90 Å². The fourth-order valence-corrected chi connectivity index (χ4v) is 2.13. The third kappa shape index (κ3) is 3.70.